The van der Waals surface area contributed by atoms with Crippen LogP contribution in [0.3, 0.4) is 0 Å². The van der Waals surface area contributed by atoms with E-state index in [9.17, 15) is 13.8 Å². The van der Waals surface area contributed by atoms with Crippen LogP contribution in [-0.4, -0.2) is 53.6 Å². The van der Waals surface area contributed by atoms with Gasteiger partial charge in [0.2, 0.25) is 0 Å². The van der Waals surface area contributed by atoms with Crippen molar-refractivity contribution in [2.45, 2.75) is 16.7 Å². The van der Waals surface area contributed by atoms with Gasteiger partial charge in [-0.05, 0) is 55.5 Å². The molecule has 174 valence electrons. The molecule has 0 N–H and O–H groups in total. The van der Waals surface area contributed by atoms with E-state index in [0.29, 0.717) is 64.4 Å². The van der Waals surface area contributed by atoms with E-state index >= 15 is 0 Å². The lowest BCUT2D eigenvalue weighted by atomic mass is 10.1. The van der Waals surface area contributed by atoms with Crippen LogP contribution in [0.15, 0.2) is 76.5 Å². The number of carbonyl (C=O) groups excluding carboxylic acids is 2. The number of amides is 2. The minimum Gasteiger partial charge on any atom is -0.368 e. The zero-order valence-electron chi connectivity index (χ0n) is 18.7. The van der Waals surface area contributed by atoms with Crippen molar-refractivity contribution in [3.8, 4) is 0 Å². The predicted octanol–water partition coefficient (Wildman–Crippen LogP) is 4.45. The normalized spacial score (nSPS) is 17.8. The van der Waals surface area contributed by atoms with Crippen molar-refractivity contribution in [3.05, 3.63) is 82.9 Å². The van der Waals surface area contributed by atoms with Crippen LogP contribution in [0.1, 0.15) is 27.6 Å². The summed E-state index contributed by atoms with van der Waals surface area (Å²) in [7, 11) is -1.51. The Bertz CT molecular complexity index is 1300. The molecule has 34 heavy (non-hydrogen) atoms. The summed E-state index contributed by atoms with van der Waals surface area (Å²) in [4.78, 5) is 33.3. The Morgan fingerprint density at radius 3 is 2.44 bits per heavy atom. The highest BCUT2D eigenvalue weighted by Crippen LogP contribution is 2.35. The number of piperazine rings is 1. The molecule has 2 aliphatic rings. The van der Waals surface area contributed by atoms with Crippen molar-refractivity contribution < 1.29 is 13.8 Å². The maximum Gasteiger partial charge on any atom is 0.259 e. The molecule has 0 radical (unpaired) electrons. The maximum atomic E-state index is 13.4. The van der Waals surface area contributed by atoms with Gasteiger partial charge < -0.3 is 14.7 Å². The molecule has 0 bridgehead atoms. The summed E-state index contributed by atoms with van der Waals surface area (Å²) >= 11 is 6.13. The summed E-state index contributed by atoms with van der Waals surface area (Å²) < 4.78 is 13.3. The highest BCUT2D eigenvalue weighted by atomic mass is 35.5. The Hall–Kier alpha value is -3.16. The smallest absolute Gasteiger partial charge is 0.259 e. The van der Waals surface area contributed by atoms with Gasteiger partial charge in [-0.25, -0.2) is 4.21 Å². The fourth-order valence-corrected chi connectivity index (χ4v) is 6.06. The molecule has 1 fully saturated rings. The molecule has 2 heterocycles. The van der Waals surface area contributed by atoms with Crippen LogP contribution in [-0.2, 0) is 10.8 Å². The molecule has 0 aromatic heterocycles. The minimum absolute atomic E-state index is 0.0930. The van der Waals surface area contributed by atoms with Gasteiger partial charge >= 0.3 is 0 Å². The van der Waals surface area contributed by atoms with Gasteiger partial charge in [-0.3, -0.25) is 9.59 Å². The average Bonchev–Trinajstić information content (AvgIpc) is 2.96. The molecular formula is C26H24ClN3O3S. The number of rotatable bonds is 3. The number of fused-ring (bicyclic) bond motifs is 2. The second kappa shape index (κ2) is 9.24. The van der Waals surface area contributed by atoms with E-state index in [-0.39, 0.29) is 11.8 Å². The van der Waals surface area contributed by atoms with Crippen LogP contribution in [0.5, 0.6) is 0 Å². The van der Waals surface area contributed by atoms with Gasteiger partial charge in [0.25, 0.3) is 11.8 Å². The molecule has 5 rings (SSSR count). The Balaban J connectivity index is 1.40. The third-order valence-electron chi connectivity index (χ3n) is 6.32. The first-order chi connectivity index (χ1) is 16.5. The second-order valence-corrected chi connectivity index (χ2v) is 10.1. The number of benzene rings is 3. The zero-order valence-corrected chi connectivity index (χ0v) is 20.3. The average molecular weight is 494 g/mol. The van der Waals surface area contributed by atoms with Crippen LogP contribution in [0.25, 0.3) is 0 Å². The number of carbonyl (C=O) groups is 2. The monoisotopic (exact) mass is 493 g/mol. The lowest BCUT2D eigenvalue weighted by molar-refractivity contribution is 0.0746. The van der Waals surface area contributed by atoms with E-state index in [1.807, 2.05) is 36.1 Å². The van der Waals surface area contributed by atoms with Crippen molar-refractivity contribution >= 4 is 45.6 Å². The summed E-state index contributed by atoms with van der Waals surface area (Å²) in [5.74, 6) is -0.297. The van der Waals surface area contributed by atoms with Crippen molar-refractivity contribution in [2.24, 2.45) is 0 Å². The van der Waals surface area contributed by atoms with Gasteiger partial charge in [0.15, 0.2) is 0 Å². The van der Waals surface area contributed by atoms with E-state index < -0.39 is 10.8 Å². The lowest BCUT2D eigenvalue weighted by Gasteiger charge is -2.36. The van der Waals surface area contributed by atoms with Gasteiger partial charge in [0.05, 0.1) is 31.8 Å². The molecule has 6 nitrogen and oxygen atoms in total. The summed E-state index contributed by atoms with van der Waals surface area (Å²) in [6, 6.07) is 19.9. The van der Waals surface area contributed by atoms with Crippen LogP contribution >= 0.6 is 11.6 Å². The van der Waals surface area contributed by atoms with Gasteiger partial charge in [-0.2, -0.15) is 0 Å². The SMILES string of the molecule is CCN1C(=O)c2ccccc2[S@](=O)c2ccc(C(=O)N3CCN(c4cccc(Cl)c4)CC3)cc21. The Morgan fingerprint density at radius 2 is 1.71 bits per heavy atom. The summed E-state index contributed by atoms with van der Waals surface area (Å²) in [5.41, 5.74) is 2.50. The largest absolute Gasteiger partial charge is 0.368 e. The molecule has 0 saturated carbocycles. The lowest BCUT2D eigenvalue weighted by Crippen LogP contribution is -2.48. The van der Waals surface area contributed by atoms with Crippen LogP contribution in [0, 0.1) is 0 Å². The molecule has 1 saturated heterocycles. The van der Waals surface area contributed by atoms with Gasteiger partial charge in [-0.1, -0.05) is 29.8 Å². The molecule has 0 spiro atoms. The quantitative estimate of drug-likeness (QED) is 0.541. The third kappa shape index (κ3) is 3.99. The highest BCUT2D eigenvalue weighted by Gasteiger charge is 2.31. The minimum atomic E-state index is -1.51. The third-order valence-corrected chi connectivity index (χ3v) is 8.05. The molecule has 2 aliphatic heterocycles. The Morgan fingerprint density at radius 1 is 0.941 bits per heavy atom. The molecule has 2 amide bonds. The first-order valence-electron chi connectivity index (χ1n) is 11.2. The number of hydrogen-bond acceptors (Lipinski definition) is 4. The fourth-order valence-electron chi connectivity index (χ4n) is 4.53. The molecule has 1 atom stereocenters. The number of anilines is 2. The summed E-state index contributed by atoms with van der Waals surface area (Å²) in [6.45, 7) is 4.85. The molecular weight excluding hydrogens is 470 g/mol. The molecule has 0 unspecified atom stereocenters. The van der Waals surface area contributed by atoms with Crippen molar-refractivity contribution in [3.63, 3.8) is 0 Å². The summed E-state index contributed by atoms with van der Waals surface area (Å²) in [6.07, 6.45) is 0. The van der Waals surface area contributed by atoms with Crippen LogP contribution in [0.2, 0.25) is 5.02 Å². The van der Waals surface area contributed by atoms with E-state index in [4.69, 9.17) is 11.6 Å². The van der Waals surface area contributed by atoms with E-state index in [1.54, 1.807) is 47.4 Å². The van der Waals surface area contributed by atoms with E-state index in [2.05, 4.69) is 4.90 Å². The maximum absolute atomic E-state index is 13.4. The Labute approximate surface area is 206 Å². The van der Waals surface area contributed by atoms with Crippen molar-refractivity contribution in [1.29, 1.82) is 0 Å². The first kappa shape index (κ1) is 22.6. The number of nitrogens with zero attached hydrogens (tertiary/aromatic N) is 3. The van der Waals surface area contributed by atoms with Crippen molar-refractivity contribution in [2.75, 3.05) is 42.5 Å². The number of halogens is 1. The summed E-state index contributed by atoms with van der Waals surface area (Å²) in [5, 5.41) is 0.690. The molecule has 3 aromatic rings. The highest BCUT2D eigenvalue weighted by molar-refractivity contribution is 7.85. The standard InChI is InChI=1S/C26H24ClN3O3S/c1-2-30-22-16-18(10-11-24(22)34(33)23-9-4-3-8-21(23)26(30)32)25(31)29-14-12-28(13-15-29)20-7-5-6-19(27)17-20/h3-11,16-17H,2,12-15H2,1H3/t34-/m0/s1. The second-order valence-electron chi connectivity index (χ2n) is 8.26. The number of hydrogen-bond donors (Lipinski definition) is 0. The first-order valence-corrected chi connectivity index (χ1v) is 12.8. The van der Waals surface area contributed by atoms with E-state index in [0.717, 1.165) is 5.69 Å². The van der Waals surface area contributed by atoms with Gasteiger partial charge in [-0.15, -0.1) is 0 Å². The van der Waals surface area contributed by atoms with E-state index in [1.165, 1.54) is 0 Å². The van der Waals surface area contributed by atoms with Crippen molar-refractivity contribution in [1.82, 2.24) is 4.90 Å². The van der Waals surface area contributed by atoms with Crippen LogP contribution in [0.4, 0.5) is 11.4 Å². The fraction of sp³-hybridized carbons (Fsp3) is 0.231. The zero-order chi connectivity index (χ0) is 23.8. The topological polar surface area (TPSA) is 60.9 Å². The molecule has 8 heteroatoms. The van der Waals surface area contributed by atoms with Gasteiger partial charge in [0, 0.05) is 49.0 Å². The predicted molar refractivity (Wildman–Crippen MR) is 134 cm³/mol. The molecule has 0 aliphatic carbocycles. The molecule has 3 aromatic carbocycles. The van der Waals surface area contributed by atoms with Gasteiger partial charge in [0.1, 0.15) is 0 Å². The Kier molecular flexibility index (Phi) is 6.15. The van der Waals surface area contributed by atoms with Crippen LogP contribution < -0.4 is 9.80 Å².